The van der Waals surface area contributed by atoms with Crippen molar-refractivity contribution in [2.24, 2.45) is 0 Å². The molecular formula is C24H34O2. The predicted octanol–water partition coefficient (Wildman–Crippen LogP) is 6.46. The second kappa shape index (κ2) is 6.64. The Bertz CT molecular complexity index is 748. The van der Waals surface area contributed by atoms with Gasteiger partial charge >= 0.3 is 0 Å². The number of hydrogen-bond donors (Lipinski definition) is 2. The lowest BCUT2D eigenvalue weighted by Gasteiger charge is -2.32. The molecule has 0 radical (unpaired) electrons. The molecule has 2 aromatic carbocycles. The zero-order chi connectivity index (χ0) is 20.0. The molecule has 0 saturated heterocycles. The molecule has 26 heavy (non-hydrogen) atoms. The molecule has 0 saturated carbocycles. The molecule has 0 aromatic heterocycles. The molecule has 0 atom stereocenters. The fourth-order valence-corrected chi connectivity index (χ4v) is 4.32. The van der Waals surface area contributed by atoms with E-state index in [2.05, 4.69) is 60.6 Å². The summed E-state index contributed by atoms with van der Waals surface area (Å²) < 4.78 is 0. The Morgan fingerprint density at radius 2 is 0.962 bits per heavy atom. The summed E-state index contributed by atoms with van der Waals surface area (Å²) in [5.74, 6) is 0.865. The van der Waals surface area contributed by atoms with E-state index in [1.165, 1.54) is 22.3 Å². The minimum atomic E-state index is -0.0692. The maximum absolute atomic E-state index is 10.3. The van der Waals surface area contributed by atoms with Crippen LogP contribution in [0.5, 0.6) is 11.5 Å². The lowest BCUT2D eigenvalue weighted by molar-refractivity contribution is 0.463. The lowest BCUT2D eigenvalue weighted by atomic mass is 9.72. The van der Waals surface area contributed by atoms with Gasteiger partial charge in [0.1, 0.15) is 11.5 Å². The standard InChI is InChI=1S/C24H34O2/c1-14(17-10-12-19(25)15(2)21(17)23(4,5)6)18-11-13-20(26)16(3)22(18)24(7,8)9/h10-14,25-26H,1-9H3. The van der Waals surface area contributed by atoms with Crippen LogP contribution in [0.15, 0.2) is 24.3 Å². The van der Waals surface area contributed by atoms with Gasteiger partial charge < -0.3 is 10.2 Å². The molecule has 0 heterocycles. The van der Waals surface area contributed by atoms with Crippen molar-refractivity contribution in [1.82, 2.24) is 0 Å². The Labute approximate surface area is 158 Å². The highest BCUT2D eigenvalue weighted by Gasteiger charge is 2.29. The second-order valence-electron chi connectivity index (χ2n) is 9.57. The van der Waals surface area contributed by atoms with Crippen LogP contribution < -0.4 is 0 Å². The molecule has 2 N–H and O–H groups in total. The molecule has 2 heteroatoms. The third-order valence-corrected chi connectivity index (χ3v) is 5.37. The molecule has 0 aliphatic heterocycles. The van der Waals surface area contributed by atoms with E-state index in [0.717, 1.165) is 11.1 Å². The fraction of sp³-hybridized carbons (Fsp3) is 0.500. The molecule has 0 unspecified atom stereocenters. The molecule has 0 amide bonds. The molecule has 0 aliphatic carbocycles. The van der Waals surface area contributed by atoms with Crippen LogP contribution >= 0.6 is 0 Å². The summed E-state index contributed by atoms with van der Waals surface area (Å²) in [4.78, 5) is 0. The highest BCUT2D eigenvalue weighted by atomic mass is 16.3. The first-order chi connectivity index (χ1) is 11.8. The summed E-state index contributed by atoms with van der Waals surface area (Å²) in [5.41, 5.74) is 6.66. The van der Waals surface area contributed by atoms with E-state index in [1.807, 2.05) is 13.8 Å². The van der Waals surface area contributed by atoms with Crippen LogP contribution in [-0.2, 0) is 10.8 Å². The van der Waals surface area contributed by atoms with Crippen LogP contribution in [0, 0.1) is 13.8 Å². The van der Waals surface area contributed by atoms with Crippen LogP contribution in [-0.4, -0.2) is 10.2 Å². The average molecular weight is 355 g/mol. The number of hydrogen-bond acceptors (Lipinski definition) is 2. The molecule has 2 nitrogen and oxygen atoms in total. The summed E-state index contributed by atoms with van der Waals surface area (Å²) in [6, 6.07) is 7.73. The Morgan fingerprint density at radius 1 is 0.654 bits per heavy atom. The van der Waals surface area contributed by atoms with Crippen molar-refractivity contribution in [2.75, 3.05) is 0 Å². The Balaban J connectivity index is 2.79. The normalized spacial score (nSPS) is 12.7. The van der Waals surface area contributed by atoms with Crippen molar-refractivity contribution in [3.63, 3.8) is 0 Å². The summed E-state index contributed by atoms with van der Waals surface area (Å²) >= 11 is 0. The van der Waals surface area contributed by atoms with Crippen molar-refractivity contribution in [1.29, 1.82) is 0 Å². The van der Waals surface area contributed by atoms with Gasteiger partial charge in [0.2, 0.25) is 0 Å². The maximum atomic E-state index is 10.3. The van der Waals surface area contributed by atoms with E-state index < -0.39 is 0 Å². The van der Waals surface area contributed by atoms with E-state index in [9.17, 15) is 10.2 Å². The third kappa shape index (κ3) is 3.60. The minimum absolute atomic E-state index is 0.0692. The van der Waals surface area contributed by atoms with Crippen LogP contribution in [0.2, 0.25) is 0 Å². The minimum Gasteiger partial charge on any atom is -0.508 e. The maximum Gasteiger partial charge on any atom is 0.118 e. The molecule has 0 bridgehead atoms. The fourth-order valence-electron chi connectivity index (χ4n) is 4.32. The first-order valence-electron chi connectivity index (χ1n) is 9.42. The summed E-state index contributed by atoms with van der Waals surface area (Å²) in [7, 11) is 0. The van der Waals surface area contributed by atoms with Crippen LogP contribution in [0.3, 0.4) is 0 Å². The largest absolute Gasteiger partial charge is 0.508 e. The van der Waals surface area contributed by atoms with Gasteiger partial charge in [0.15, 0.2) is 0 Å². The highest BCUT2D eigenvalue weighted by molar-refractivity contribution is 5.55. The van der Waals surface area contributed by atoms with Gasteiger partial charge in [-0.05, 0) is 70.2 Å². The van der Waals surface area contributed by atoms with E-state index >= 15 is 0 Å². The number of rotatable bonds is 2. The van der Waals surface area contributed by atoms with Gasteiger partial charge in [-0.3, -0.25) is 0 Å². The Hall–Kier alpha value is -1.96. The molecule has 0 fully saturated rings. The predicted molar refractivity (Wildman–Crippen MR) is 111 cm³/mol. The first kappa shape index (κ1) is 20.4. The topological polar surface area (TPSA) is 40.5 Å². The van der Waals surface area contributed by atoms with Gasteiger partial charge in [0.25, 0.3) is 0 Å². The number of phenolic OH excluding ortho intramolecular Hbond substituents is 2. The molecule has 2 aromatic rings. The van der Waals surface area contributed by atoms with Crippen molar-refractivity contribution < 1.29 is 10.2 Å². The van der Waals surface area contributed by atoms with Crippen molar-refractivity contribution in [3.05, 3.63) is 57.6 Å². The van der Waals surface area contributed by atoms with Gasteiger partial charge in [-0.25, -0.2) is 0 Å². The Kier molecular flexibility index (Phi) is 5.20. The SMILES string of the molecule is Cc1c(O)ccc(C(C)c2ccc(O)c(C)c2C(C)(C)C)c1C(C)(C)C. The van der Waals surface area contributed by atoms with Gasteiger partial charge in [-0.2, -0.15) is 0 Å². The Morgan fingerprint density at radius 3 is 1.23 bits per heavy atom. The second-order valence-corrected chi connectivity index (χ2v) is 9.57. The van der Waals surface area contributed by atoms with E-state index in [-0.39, 0.29) is 16.7 Å². The van der Waals surface area contributed by atoms with E-state index in [4.69, 9.17) is 0 Å². The highest BCUT2D eigenvalue weighted by Crippen LogP contribution is 2.43. The van der Waals surface area contributed by atoms with Crippen molar-refractivity contribution in [3.8, 4) is 11.5 Å². The van der Waals surface area contributed by atoms with E-state index in [1.54, 1.807) is 12.1 Å². The van der Waals surface area contributed by atoms with Crippen LogP contribution in [0.25, 0.3) is 0 Å². The lowest BCUT2D eigenvalue weighted by Crippen LogP contribution is -2.21. The molecule has 142 valence electrons. The average Bonchev–Trinajstić information content (AvgIpc) is 2.49. The molecule has 0 spiro atoms. The van der Waals surface area contributed by atoms with E-state index in [0.29, 0.717) is 11.5 Å². The molecule has 0 aliphatic rings. The quantitative estimate of drug-likeness (QED) is 0.649. The molecular weight excluding hydrogens is 320 g/mol. The van der Waals surface area contributed by atoms with Gasteiger partial charge in [-0.15, -0.1) is 0 Å². The van der Waals surface area contributed by atoms with Crippen LogP contribution in [0.4, 0.5) is 0 Å². The van der Waals surface area contributed by atoms with Crippen molar-refractivity contribution >= 4 is 0 Å². The van der Waals surface area contributed by atoms with Gasteiger partial charge in [0.05, 0.1) is 0 Å². The number of aromatic hydroxyl groups is 2. The monoisotopic (exact) mass is 354 g/mol. The van der Waals surface area contributed by atoms with Gasteiger partial charge in [0, 0.05) is 5.92 Å². The summed E-state index contributed by atoms with van der Waals surface area (Å²) in [5, 5.41) is 20.5. The summed E-state index contributed by atoms with van der Waals surface area (Å²) in [6.45, 7) is 19.4. The third-order valence-electron chi connectivity index (χ3n) is 5.37. The molecule has 2 rings (SSSR count). The first-order valence-corrected chi connectivity index (χ1v) is 9.42. The zero-order valence-electron chi connectivity index (χ0n) is 17.8. The number of benzene rings is 2. The smallest absolute Gasteiger partial charge is 0.118 e. The zero-order valence-corrected chi connectivity index (χ0v) is 17.8. The van der Waals surface area contributed by atoms with Gasteiger partial charge in [-0.1, -0.05) is 60.6 Å². The van der Waals surface area contributed by atoms with Crippen LogP contribution in [0.1, 0.15) is 87.8 Å². The summed E-state index contributed by atoms with van der Waals surface area (Å²) in [6.07, 6.45) is 0. The van der Waals surface area contributed by atoms with Crippen molar-refractivity contribution in [2.45, 2.75) is 79.1 Å². The number of phenols is 2.